The van der Waals surface area contributed by atoms with E-state index in [0.29, 0.717) is 28.8 Å². The van der Waals surface area contributed by atoms with E-state index in [0.717, 1.165) is 11.0 Å². The number of ether oxygens (including phenoxy) is 1. The minimum atomic E-state index is -2.97. The van der Waals surface area contributed by atoms with Crippen molar-refractivity contribution in [1.82, 2.24) is 15.3 Å². The largest absolute Gasteiger partial charge is 0.434 e. The number of carbonyl (C=O) groups excluding carboxylic acids is 2. The summed E-state index contributed by atoms with van der Waals surface area (Å²) in [5.41, 5.74) is 3.14. The zero-order valence-corrected chi connectivity index (χ0v) is 18.2. The number of nitrogens with one attached hydrogen (secondary N) is 3. The minimum absolute atomic E-state index is 0.0138. The molecule has 7 nitrogen and oxygen atoms in total. The van der Waals surface area contributed by atoms with Crippen molar-refractivity contribution in [3.8, 4) is 5.75 Å². The van der Waals surface area contributed by atoms with Gasteiger partial charge in [-0.2, -0.15) is 8.78 Å². The molecule has 0 bridgehead atoms. The number of H-pyrrole nitrogens is 1. The Bertz CT molecular complexity index is 1320. The second-order valence-electron chi connectivity index (χ2n) is 7.52. The molecular formula is C25H22F2N4O3. The first-order valence-corrected chi connectivity index (χ1v) is 10.6. The van der Waals surface area contributed by atoms with Gasteiger partial charge in [-0.1, -0.05) is 31.2 Å². The van der Waals surface area contributed by atoms with Crippen molar-refractivity contribution in [3.63, 3.8) is 0 Å². The summed E-state index contributed by atoms with van der Waals surface area (Å²) in [6, 6.07) is 17.4. The smallest absolute Gasteiger partial charge is 0.387 e. The molecule has 4 aromatic rings. The summed E-state index contributed by atoms with van der Waals surface area (Å²) < 4.78 is 30.2. The van der Waals surface area contributed by atoms with Gasteiger partial charge in [0.15, 0.2) is 0 Å². The van der Waals surface area contributed by atoms with E-state index in [2.05, 4.69) is 25.3 Å². The van der Waals surface area contributed by atoms with Gasteiger partial charge in [0, 0.05) is 22.4 Å². The molecule has 0 aliphatic carbocycles. The lowest BCUT2D eigenvalue weighted by molar-refractivity contribution is -0.0507. The number of para-hydroxylation sites is 1. The number of hydrogen-bond donors (Lipinski definition) is 3. The van der Waals surface area contributed by atoms with Gasteiger partial charge in [-0.15, -0.1) is 0 Å². The topological polar surface area (TPSA) is 96.1 Å². The zero-order valence-electron chi connectivity index (χ0n) is 18.2. The maximum Gasteiger partial charge on any atom is 0.387 e. The Hall–Kier alpha value is -4.27. The summed E-state index contributed by atoms with van der Waals surface area (Å²) in [7, 11) is 0. The highest BCUT2D eigenvalue weighted by atomic mass is 19.3. The average Bonchev–Trinajstić information content (AvgIpc) is 3.31. The molecule has 9 heteroatoms. The van der Waals surface area contributed by atoms with Gasteiger partial charge in [-0.05, 0) is 48.9 Å². The Morgan fingerprint density at radius 3 is 2.59 bits per heavy atom. The molecule has 4 rings (SSSR count). The molecule has 3 N–H and O–H groups in total. The van der Waals surface area contributed by atoms with Gasteiger partial charge in [0.2, 0.25) is 0 Å². The molecule has 0 aliphatic heterocycles. The number of rotatable bonds is 8. The minimum Gasteiger partial charge on any atom is -0.434 e. The number of halogens is 2. The third-order valence-corrected chi connectivity index (χ3v) is 5.29. The molecular weight excluding hydrogens is 442 g/mol. The summed E-state index contributed by atoms with van der Waals surface area (Å²) >= 11 is 0. The Morgan fingerprint density at radius 2 is 1.79 bits per heavy atom. The van der Waals surface area contributed by atoms with Gasteiger partial charge in [0.05, 0.1) is 23.4 Å². The third kappa shape index (κ3) is 5.20. The monoisotopic (exact) mass is 464 g/mol. The Labute approximate surface area is 194 Å². The number of fused-ring (bicyclic) bond motifs is 1. The number of carbonyl (C=O) groups is 2. The second-order valence-corrected chi connectivity index (χ2v) is 7.52. The number of aromatic nitrogens is 2. The quantitative estimate of drug-likeness (QED) is 0.330. The van der Waals surface area contributed by atoms with Crippen molar-refractivity contribution in [3.05, 3.63) is 89.7 Å². The Morgan fingerprint density at radius 1 is 1.00 bits per heavy atom. The van der Waals surface area contributed by atoms with Crippen LogP contribution >= 0.6 is 0 Å². The van der Waals surface area contributed by atoms with Gasteiger partial charge in [-0.3, -0.25) is 9.59 Å². The van der Waals surface area contributed by atoms with Crippen LogP contribution < -0.4 is 15.4 Å². The predicted octanol–water partition coefficient (Wildman–Crippen LogP) is 5.30. The van der Waals surface area contributed by atoms with Gasteiger partial charge in [-0.25, -0.2) is 4.98 Å². The van der Waals surface area contributed by atoms with E-state index in [4.69, 9.17) is 0 Å². The fourth-order valence-corrected chi connectivity index (χ4v) is 3.63. The van der Waals surface area contributed by atoms with E-state index < -0.39 is 18.6 Å². The normalized spacial score (nSPS) is 11.9. The summed E-state index contributed by atoms with van der Waals surface area (Å²) in [4.78, 5) is 32.7. The van der Waals surface area contributed by atoms with Crippen molar-refractivity contribution in [2.75, 3.05) is 5.32 Å². The predicted molar refractivity (Wildman–Crippen MR) is 124 cm³/mol. The Kier molecular flexibility index (Phi) is 6.82. The molecule has 0 aliphatic rings. The fourth-order valence-electron chi connectivity index (χ4n) is 3.63. The van der Waals surface area contributed by atoms with E-state index in [9.17, 15) is 18.4 Å². The molecule has 0 spiro atoms. The van der Waals surface area contributed by atoms with E-state index in [1.165, 1.54) is 6.07 Å². The lowest BCUT2D eigenvalue weighted by Crippen LogP contribution is -2.28. The van der Waals surface area contributed by atoms with Crippen LogP contribution in [0.4, 0.5) is 14.5 Å². The van der Waals surface area contributed by atoms with Crippen molar-refractivity contribution in [2.45, 2.75) is 26.0 Å². The lowest BCUT2D eigenvalue weighted by Gasteiger charge is -2.20. The van der Waals surface area contributed by atoms with Crippen LogP contribution in [0.5, 0.6) is 5.75 Å². The molecule has 174 valence electrons. The van der Waals surface area contributed by atoms with Crippen LogP contribution in [0.15, 0.2) is 73.1 Å². The number of amides is 2. The fraction of sp³-hybridized carbons (Fsp3) is 0.160. The molecule has 1 aromatic heterocycles. The van der Waals surface area contributed by atoms with Crippen molar-refractivity contribution < 1.29 is 23.1 Å². The first kappa shape index (κ1) is 22.9. The number of aromatic amines is 1. The number of hydrogen-bond acceptors (Lipinski definition) is 4. The molecule has 1 heterocycles. The van der Waals surface area contributed by atoms with Gasteiger partial charge in [0.25, 0.3) is 11.8 Å². The molecule has 1 atom stereocenters. The molecule has 0 saturated heterocycles. The first-order valence-electron chi connectivity index (χ1n) is 10.6. The zero-order chi connectivity index (χ0) is 24.1. The first-order chi connectivity index (χ1) is 16.4. The second kappa shape index (κ2) is 10.1. The van der Waals surface area contributed by atoms with Crippen LogP contribution in [0.1, 0.15) is 45.7 Å². The number of nitrogens with zero attached hydrogens (tertiary/aromatic N) is 1. The van der Waals surface area contributed by atoms with Gasteiger partial charge < -0.3 is 20.4 Å². The number of alkyl halides is 2. The molecule has 2 amide bonds. The highest BCUT2D eigenvalue weighted by Crippen LogP contribution is 2.29. The number of anilines is 1. The van der Waals surface area contributed by atoms with Crippen LogP contribution in [0.25, 0.3) is 11.0 Å². The number of benzene rings is 3. The van der Waals surface area contributed by atoms with Crippen LogP contribution in [0.3, 0.4) is 0 Å². The summed E-state index contributed by atoms with van der Waals surface area (Å²) in [6.45, 7) is -1.14. The lowest BCUT2D eigenvalue weighted by atomic mass is 10.0. The highest BCUT2D eigenvalue weighted by molar-refractivity contribution is 6.06. The van der Waals surface area contributed by atoms with E-state index in [1.807, 2.05) is 6.92 Å². The van der Waals surface area contributed by atoms with Crippen molar-refractivity contribution in [1.29, 1.82) is 0 Å². The van der Waals surface area contributed by atoms with E-state index in [1.54, 1.807) is 67.0 Å². The molecule has 34 heavy (non-hydrogen) atoms. The summed E-state index contributed by atoms with van der Waals surface area (Å²) in [5, 5.41) is 5.64. The van der Waals surface area contributed by atoms with Crippen LogP contribution in [-0.2, 0) is 0 Å². The number of imidazole rings is 1. The molecule has 0 fully saturated rings. The van der Waals surface area contributed by atoms with Gasteiger partial charge >= 0.3 is 6.61 Å². The maximum atomic E-state index is 12.9. The van der Waals surface area contributed by atoms with Crippen molar-refractivity contribution >= 4 is 28.5 Å². The maximum absolute atomic E-state index is 12.9. The summed E-state index contributed by atoms with van der Waals surface area (Å²) in [6.07, 6.45) is 2.01. The third-order valence-electron chi connectivity index (χ3n) is 5.29. The van der Waals surface area contributed by atoms with Gasteiger partial charge in [0.1, 0.15) is 5.75 Å². The molecule has 0 unspecified atom stereocenters. The summed E-state index contributed by atoms with van der Waals surface area (Å²) in [5.74, 6) is -0.729. The SMILES string of the molecule is CC[C@H](NC(=O)c1cccc(NC(=O)c2ccc3nc[nH]c3c2)c1)c1ccccc1OC(F)F. The molecule has 3 aromatic carbocycles. The van der Waals surface area contributed by atoms with E-state index >= 15 is 0 Å². The van der Waals surface area contributed by atoms with Crippen LogP contribution in [-0.4, -0.2) is 28.4 Å². The van der Waals surface area contributed by atoms with E-state index in [-0.39, 0.29) is 11.7 Å². The molecule has 0 radical (unpaired) electrons. The van der Waals surface area contributed by atoms with Crippen LogP contribution in [0, 0.1) is 0 Å². The Balaban J connectivity index is 1.48. The van der Waals surface area contributed by atoms with Crippen LogP contribution in [0.2, 0.25) is 0 Å². The molecule has 0 saturated carbocycles. The highest BCUT2D eigenvalue weighted by Gasteiger charge is 2.20. The standard InChI is InChI=1S/C25H22F2N4O3/c1-2-19(18-8-3-4-9-22(18)34-25(26)27)31-24(33)15-6-5-7-17(12-15)30-23(32)16-10-11-20-21(13-16)29-14-28-20/h3-14,19,25H,2H2,1H3,(H,28,29)(H,30,32)(H,31,33)/t19-/m0/s1. The van der Waals surface area contributed by atoms with Crippen molar-refractivity contribution in [2.24, 2.45) is 0 Å². The average molecular weight is 464 g/mol.